The molecule has 0 unspecified atom stereocenters. The molecule has 4 nitrogen and oxygen atoms in total. The molecule has 1 N–H and O–H groups in total. The van der Waals surface area contributed by atoms with Crippen LogP contribution in [0.15, 0.2) is 30.3 Å². The SMILES string of the molecule is O=S(=O)(O)C(F)(F)COC(=S)Cc1ccccc1. The topological polar surface area (TPSA) is 63.6 Å². The second-order valence-electron chi connectivity index (χ2n) is 3.44. The van der Waals surface area contributed by atoms with Crippen molar-refractivity contribution in [3.63, 3.8) is 0 Å². The fourth-order valence-electron chi connectivity index (χ4n) is 1.05. The van der Waals surface area contributed by atoms with Gasteiger partial charge in [0.05, 0.1) is 0 Å². The van der Waals surface area contributed by atoms with Crippen molar-refractivity contribution >= 4 is 27.4 Å². The van der Waals surface area contributed by atoms with Crippen molar-refractivity contribution in [3.05, 3.63) is 35.9 Å². The molecule has 0 aliphatic heterocycles. The zero-order valence-corrected chi connectivity index (χ0v) is 10.7. The lowest BCUT2D eigenvalue weighted by molar-refractivity contribution is 0.0248. The molecule has 0 aliphatic rings. The molecule has 0 fully saturated rings. The standard InChI is InChI=1S/C10H10F2O4S2/c11-10(12,18(13,14)15)7-16-9(17)6-8-4-2-1-3-5-8/h1-5H,6-7H2,(H,13,14,15). The van der Waals surface area contributed by atoms with Crippen molar-refractivity contribution < 1.29 is 26.5 Å². The van der Waals surface area contributed by atoms with E-state index in [0.717, 1.165) is 5.56 Å². The average Bonchev–Trinajstić information content (AvgIpc) is 2.26. The molecule has 0 saturated heterocycles. The third-order valence-corrected chi connectivity index (χ3v) is 3.10. The first-order chi connectivity index (χ1) is 8.22. The quantitative estimate of drug-likeness (QED) is 0.665. The minimum Gasteiger partial charge on any atom is -0.479 e. The highest BCUT2D eigenvalue weighted by Crippen LogP contribution is 2.21. The highest BCUT2D eigenvalue weighted by molar-refractivity contribution is 7.86. The molecule has 1 aromatic carbocycles. The third kappa shape index (κ3) is 4.28. The van der Waals surface area contributed by atoms with E-state index < -0.39 is 22.0 Å². The lowest BCUT2D eigenvalue weighted by Crippen LogP contribution is -2.34. The van der Waals surface area contributed by atoms with Crippen LogP contribution in [-0.4, -0.2) is 29.9 Å². The maximum atomic E-state index is 12.8. The Labute approximate surface area is 108 Å². The van der Waals surface area contributed by atoms with Gasteiger partial charge in [-0.15, -0.1) is 0 Å². The lowest BCUT2D eigenvalue weighted by atomic mass is 10.2. The molecule has 0 spiro atoms. The Morgan fingerprint density at radius 1 is 1.33 bits per heavy atom. The maximum Gasteiger partial charge on any atom is 0.402 e. The van der Waals surface area contributed by atoms with E-state index in [1.54, 1.807) is 30.3 Å². The molecule has 100 valence electrons. The van der Waals surface area contributed by atoms with Crippen LogP contribution < -0.4 is 0 Å². The fourth-order valence-corrected chi connectivity index (χ4v) is 1.49. The monoisotopic (exact) mass is 296 g/mol. The van der Waals surface area contributed by atoms with Crippen LogP contribution in [0, 0.1) is 0 Å². The van der Waals surface area contributed by atoms with Crippen molar-refractivity contribution in [3.8, 4) is 0 Å². The summed E-state index contributed by atoms with van der Waals surface area (Å²) in [6.45, 7) is -1.50. The van der Waals surface area contributed by atoms with Gasteiger partial charge in [-0.1, -0.05) is 30.3 Å². The molecule has 0 aliphatic carbocycles. The van der Waals surface area contributed by atoms with Crippen molar-refractivity contribution in [1.29, 1.82) is 0 Å². The predicted octanol–water partition coefficient (Wildman–Crippen LogP) is 2.05. The summed E-state index contributed by atoms with van der Waals surface area (Å²) in [4.78, 5) is 0. The molecule has 0 radical (unpaired) electrons. The van der Waals surface area contributed by atoms with E-state index in [4.69, 9.17) is 16.8 Å². The van der Waals surface area contributed by atoms with Crippen LogP contribution in [0.25, 0.3) is 0 Å². The van der Waals surface area contributed by atoms with E-state index in [-0.39, 0.29) is 11.5 Å². The highest BCUT2D eigenvalue weighted by Gasteiger charge is 2.45. The van der Waals surface area contributed by atoms with Crippen LogP contribution in [0.1, 0.15) is 5.56 Å². The van der Waals surface area contributed by atoms with Gasteiger partial charge in [-0.2, -0.15) is 17.2 Å². The second-order valence-corrected chi connectivity index (χ2v) is 5.44. The maximum absolute atomic E-state index is 12.8. The van der Waals surface area contributed by atoms with Crippen molar-refractivity contribution in [2.24, 2.45) is 0 Å². The van der Waals surface area contributed by atoms with Crippen LogP contribution in [0.4, 0.5) is 8.78 Å². The summed E-state index contributed by atoms with van der Waals surface area (Å²) in [5.41, 5.74) is 0.748. The summed E-state index contributed by atoms with van der Waals surface area (Å²) >= 11 is 4.69. The van der Waals surface area contributed by atoms with Crippen LogP contribution >= 0.6 is 12.2 Å². The summed E-state index contributed by atoms with van der Waals surface area (Å²) in [5, 5.41) is -4.54. The van der Waals surface area contributed by atoms with Gasteiger partial charge < -0.3 is 4.74 Å². The summed E-state index contributed by atoms with van der Waals surface area (Å²) in [6, 6.07) is 8.70. The Kier molecular flexibility index (Phi) is 4.71. The number of halogens is 2. The first-order valence-corrected chi connectivity index (χ1v) is 6.61. The van der Waals surface area contributed by atoms with Gasteiger partial charge in [-0.25, -0.2) is 0 Å². The molecular formula is C10H10F2O4S2. The minimum atomic E-state index is -5.49. The summed E-state index contributed by atoms with van der Waals surface area (Å²) < 4.78 is 59.0. The van der Waals surface area contributed by atoms with Gasteiger partial charge in [-0.05, 0) is 17.8 Å². The molecule has 0 aromatic heterocycles. The van der Waals surface area contributed by atoms with Gasteiger partial charge in [0.1, 0.15) is 0 Å². The fraction of sp³-hybridized carbons (Fsp3) is 0.300. The van der Waals surface area contributed by atoms with Gasteiger partial charge in [0.25, 0.3) is 0 Å². The molecule has 0 heterocycles. The first kappa shape index (κ1) is 14.9. The number of thiocarbonyl (C=S) groups is 1. The van der Waals surface area contributed by atoms with Crippen molar-refractivity contribution in [2.75, 3.05) is 6.61 Å². The normalized spacial score (nSPS) is 12.2. The molecule has 0 saturated carbocycles. The Morgan fingerprint density at radius 2 is 1.89 bits per heavy atom. The number of hydrogen-bond acceptors (Lipinski definition) is 4. The Bertz CT molecular complexity index is 514. The van der Waals surface area contributed by atoms with Crippen molar-refractivity contribution in [2.45, 2.75) is 11.7 Å². The van der Waals surface area contributed by atoms with E-state index in [1.807, 2.05) is 0 Å². The molecule has 0 bridgehead atoms. The number of hydrogen-bond donors (Lipinski definition) is 1. The molecular weight excluding hydrogens is 286 g/mol. The van der Waals surface area contributed by atoms with Gasteiger partial charge in [0.2, 0.25) is 0 Å². The second kappa shape index (κ2) is 5.68. The number of benzene rings is 1. The molecule has 1 rings (SSSR count). The molecule has 8 heteroatoms. The number of rotatable bonds is 5. The largest absolute Gasteiger partial charge is 0.479 e. The van der Waals surface area contributed by atoms with Gasteiger partial charge >= 0.3 is 15.4 Å². The Hall–Kier alpha value is -1.12. The van der Waals surface area contributed by atoms with Gasteiger partial charge in [0, 0.05) is 6.42 Å². The Balaban J connectivity index is 2.53. The van der Waals surface area contributed by atoms with E-state index in [2.05, 4.69) is 4.74 Å². The zero-order valence-electron chi connectivity index (χ0n) is 9.05. The van der Waals surface area contributed by atoms with E-state index in [1.165, 1.54) is 0 Å². The van der Waals surface area contributed by atoms with Crippen LogP contribution in [0.2, 0.25) is 0 Å². The smallest absolute Gasteiger partial charge is 0.402 e. The van der Waals surface area contributed by atoms with E-state index in [0.29, 0.717) is 0 Å². The van der Waals surface area contributed by atoms with Crippen LogP contribution in [0.5, 0.6) is 0 Å². The third-order valence-electron chi connectivity index (χ3n) is 1.97. The minimum absolute atomic E-state index is 0.109. The highest BCUT2D eigenvalue weighted by atomic mass is 32.2. The lowest BCUT2D eigenvalue weighted by Gasteiger charge is -2.14. The van der Waals surface area contributed by atoms with Crippen molar-refractivity contribution in [1.82, 2.24) is 0 Å². The molecule has 0 amide bonds. The summed E-state index contributed by atoms with van der Waals surface area (Å²) in [5.74, 6) is 0. The first-order valence-electron chi connectivity index (χ1n) is 4.77. The van der Waals surface area contributed by atoms with Gasteiger partial charge in [0.15, 0.2) is 11.7 Å². The van der Waals surface area contributed by atoms with Gasteiger partial charge in [-0.3, -0.25) is 4.55 Å². The van der Waals surface area contributed by atoms with Crippen LogP contribution in [-0.2, 0) is 21.3 Å². The molecule has 18 heavy (non-hydrogen) atoms. The zero-order chi connectivity index (χ0) is 13.8. The van der Waals surface area contributed by atoms with E-state index >= 15 is 0 Å². The summed E-state index contributed by atoms with van der Waals surface area (Å²) in [7, 11) is -5.49. The average molecular weight is 296 g/mol. The van der Waals surface area contributed by atoms with E-state index in [9.17, 15) is 17.2 Å². The predicted molar refractivity (Wildman–Crippen MR) is 65.2 cm³/mol. The van der Waals surface area contributed by atoms with Crippen LogP contribution in [0.3, 0.4) is 0 Å². The summed E-state index contributed by atoms with van der Waals surface area (Å²) in [6.07, 6.45) is 0.109. The number of alkyl halides is 2. The molecule has 0 atom stereocenters. The number of ether oxygens (including phenoxy) is 1. The Morgan fingerprint density at radius 3 is 2.39 bits per heavy atom. The molecule has 1 aromatic rings.